The van der Waals surface area contributed by atoms with Gasteiger partial charge in [0.15, 0.2) is 11.9 Å². The molecule has 0 unspecified atom stereocenters. The van der Waals surface area contributed by atoms with Gasteiger partial charge in [-0.05, 0) is 13.8 Å². The third-order valence-electron chi connectivity index (χ3n) is 2.30. The second-order valence-corrected chi connectivity index (χ2v) is 4.17. The summed E-state index contributed by atoms with van der Waals surface area (Å²) in [5.41, 5.74) is 0. The highest BCUT2D eigenvalue weighted by atomic mass is 16.8. The van der Waals surface area contributed by atoms with Crippen LogP contribution in [0.4, 0.5) is 0 Å². The van der Waals surface area contributed by atoms with Gasteiger partial charge in [0.05, 0.1) is 6.61 Å². The van der Waals surface area contributed by atoms with Crippen molar-refractivity contribution in [2.24, 2.45) is 0 Å². The van der Waals surface area contributed by atoms with Crippen LogP contribution in [0.15, 0.2) is 0 Å². The number of carboxylic acids is 2. The predicted octanol–water partition coefficient (Wildman–Crippen LogP) is -0.335. The second-order valence-electron chi connectivity index (χ2n) is 4.17. The molecule has 0 radical (unpaired) electrons. The predicted molar refractivity (Wildman–Crippen MR) is 55.8 cm³/mol. The maximum atomic E-state index is 11.0. The van der Waals surface area contributed by atoms with Crippen LogP contribution in [0, 0.1) is 0 Å². The lowest BCUT2D eigenvalue weighted by Gasteiger charge is -2.39. The van der Waals surface area contributed by atoms with E-state index in [9.17, 15) is 9.59 Å². The van der Waals surface area contributed by atoms with E-state index in [1.165, 1.54) is 0 Å². The maximum absolute atomic E-state index is 11.0. The second kappa shape index (κ2) is 5.61. The molecular formula is C10H16O8. The topological polar surface area (TPSA) is 112 Å². The zero-order chi connectivity index (χ0) is 13.9. The Labute approximate surface area is 103 Å². The summed E-state index contributed by atoms with van der Waals surface area (Å²) < 4.78 is 20.0. The van der Waals surface area contributed by atoms with Crippen LogP contribution in [0.2, 0.25) is 0 Å². The van der Waals surface area contributed by atoms with Gasteiger partial charge in [-0.25, -0.2) is 9.59 Å². The summed E-state index contributed by atoms with van der Waals surface area (Å²) in [6.07, 6.45) is -3.94. The molecule has 1 heterocycles. The molecule has 8 nitrogen and oxygen atoms in total. The molecule has 1 saturated heterocycles. The summed E-state index contributed by atoms with van der Waals surface area (Å²) >= 11 is 0. The van der Waals surface area contributed by atoms with Gasteiger partial charge in [-0.2, -0.15) is 0 Å². The molecule has 18 heavy (non-hydrogen) atoms. The summed E-state index contributed by atoms with van der Waals surface area (Å²) in [5, 5.41) is 17.8. The fraction of sp³-hybridized carbons (Fsp3) is 0.800. The highest BCUT2D eigenvalue weighted by Gasteiger charge is 2.43. The van der Waals surface area contributed by atoms with Crippen molar-refractivity contribution in [1.29, 1.82) is 0 Å². The van der Waals surface area contributed by atoms with E-state index in [0.29, 0.717) is 0 Å². The SMILES string of the molecule is CO[C@@H](O[C@@H]1COC(C)(C)O[C@H]1C(=O)O)C(=O)O. The molecule has 1 aliphatic heterocycles. The number of aliphatic carboxylic acids is 2. The van der Waals surface area contributed by atoms with Gasteiger partial charge in [0, 0.05) is 7.11 Å². The standard InChI is InChI=1S/C10H16O8/c1-10(2)16-4-5(6(18-10)7(11)12)17-9(15-3)8(13)14/h5-6,9H,4H2,1-3H3,(H,11,12)(H,13,14)/t5-,6-,9+/m1/s1. The third-order valence-corrected chi connectivity index (χ3v) is 2.30. The molecule has 0 bridgehead atoms. The van der Waals surface area contributed by atoms with E-state index in [4.69, 9.17) is 24.4 Å². The average molecular weight is 264 g/mol. The van der Waals surface area contributed by atoms with Crippen LogP contribution in [0.1, 0.15) is 13.8 Å². The van der Waals surface area contributed by atoms with Crippen LogP contribution in [-0.4, -0.2) is 60.2 Å². The van der Waals surface area contributed by atoms with Gasteiger partial charge in [0.25, 0.3) is 6.29 Å². The Balaban J connectivity index is 2.74. The van der Waals surface area contributed by atoms with Gasteiger partial charge in [-0.1, -0.05) is 0 Å². The number of hydrogen-bond donors (Lipinski definition) is 2. The molecule has 8 heteroatoms. The maximum Gasteiger partial charge on any atom is 0.361 e. The quantitative estimate of drug-likeness (QED) is 0.649. The van der Waals surface area contributed by atoms with Gasteiger partial charge >= 0.3 is 11.9 Å². The molecule has 0 aromatic heterocycles. The molecule has 0 aromatic carbocycles. The van der Waals surface area contributed by atoms with Gasteiger partial charge in [-0.3, -0.25) is 0 Å². The smallest absolute Gasteiger partial charge is 0.361 e. The average Bonchev–Trinajstić information content (AvgIpc) is 2.26. The molecule has 1 rings (SSSR count). The van der Waals surface area contributed by atoms with E-state index in [0.717, 1.165) is 7.11 Å². The summed E-state index contributed by atoms with van der Waals surface area (Å²) in [4.78, 5) is 21.8. The van der Waals surface area contributed by atoms with E-state index in [-0.39, 0.29) is 6.61 Å². The molecule has 2 N–H and O–H groups in total. The minimum atomic E-state index is -1.56. The number of rotatable bonds is 5. The van der Waals surface area contributed by atoms with Crippen LogP contribution in [0.3, 0.4) is 0 Å². The van der Waals surface area contributed by atoms with Crippen molar-refractivity contribution in [3.8, 4) is 0 Å². The van der Waals surface area contributed by atoms with Crippen molar-refractivity contribution in [2.45, 2.75) is 38.1 Å². The molecule has 0 amide bonds. The first-order chi connectivity index (χ1) is 8.26. The van der Waals surface area contributed by atoms with Crippen LogP contribution in [-0.2, 0) is 28.5 Å². The van der Waals surface area contributed by atoms with Crippen LogP contribution in [0.25, 0.3) is 0 Å². The fourth-order valence-electron chi connectivity index (χ4n) is 1.48. The first kappa shape index (κ1) is 14.8. The number of carboxylic acid groups (broad SMARTS) is 2. The minimum absolute atomic E-state index is 0.100. The Morgan fingerprint density at radius 3 is 2.44 bits per heavy atom. The van der Waals surface area contributed by atoms with E-state index in [1.54, 1.807) is 13.8 Å². The summed E-state index contributed by atoms with van der Waals surface area (Å²) in [7, 11) is 1.14. The molecule has 0 spiro atoms. The summed E-state index contributed by atoms with van der Waals surface area (Å²) in [6, 6.07) is 0. The zero-order valence-electron chi connectivity index (χ0n) is 10.3. The Morgan fingerprint density at radius 2 is 2.00 bits per heavy atom. The Kier molecular flexibility index (Phi) is 4.63. The van der Waals surface area contributed by atoms with Crippen molar-refractivity contribution < 1.29 is 38.7 Å². The number of hydrogen-bond acceptors (Lipinski definition) is 6. The molecule has 0 saturated carbocycles. The molecule has 3 atom stereocenters. The fourth-order valence-corrected chi connectivity index (χ4v) is 1.48. The number of carbonyl (C=O) groups is 2. The van der Waals surface area contributed by atoms with Crippen molar-refractivity contribution in [2.75, 3.05) is 13.7 Å². The van der Waals surface area contributed by atoms with Gasteiger partial charge in [0.1, 0.15) is 6.10 Å². The van der Waals surface area contributed by atoms with Gasteiger partial charge in [-0.15, -0.1) is 0 Å². The van der Waals surface area contributed by atoms with E-state index >= 15 is 0 Å². The lowest BCUT2D eigenvalue weighted by molar-refractivity contribution is -0.320. The first-order valence-corrected chi connectivity index (χ1v) is 5.22. The van der Waals surface area contributed by atoms with E-state index < -0.39 is 36.2 Å². The number of methoxy groups -OCH3 is 1. The molecule has 1 aliphatic rings. The Bertz CT molecular complexity index is 326. The van der Waals surface area contributed by atoms with Crippen molar-refractivity contribution >= 4 is 11.9 Å². The Hall–Kier alpha value is -1.22. The van der Waals surface area contributed by atoms with Crippen LogP contribution >= 0.6 is 0 Å². The van der Waals surface area contributed by atoms with E-state index in [2.05, 4.69) is 4.74 Å². The third kappa shape index (κ3) is 3.64. The summed E-state index contributed by atoms with van der Waals surface area (Å²) in [5.74, 6) is -3.67. The van der Waals surface area contributed by atoms with Crippen molar-refractivity contribution in [3.05, 3.63) is 0 Å². The van der Waals surface area contributed by atoms with Crippen LogP contribution in [0.5, 0.6) is 0 Å². The summed E-state index contributed by atoms with van der Waals surface area (Å²) in [6.45, 7) is 3.02. The van der Waals surface area contributed by atoms with Crippen LogP contribution < -0.4 is 0 Å². The lowest BCUT2D eigenvalue weighted by atomic mass is 10.1. The molecule has 104 valence electrons. The molecule has 0 aliphatic carbocycles. The zero-order valence-corrected chi connectivity index (χ0v) is 10.3. The Morgan fingerprint density at radius 1 is 1.39 bits per heavy atom. The molecule has 1 fully saturated rings. The monoisotopic (exact) mass is 264 g/mol. The highest BCUT2D eigenvalue weighted by Crippen LogP contribution is 2.25. The van der Waals surface area contributed by atoms with Gasteiger partial charge in [0.2, 0.25) is 0 Å². The van der Waals surface area contributed by atoms with E-state index in [1.807, 2.05) is 0 Å². The van der Waals surface area contributed by atoms with Crippen molar-refractivity contribution in [1.82, 2.24) is 0 Å². The minimum Gasteiger partial charge on any atom is -0.479 e. The molecule has 0 aromatic rings. The van der Waals surface area contributed by atoms with Crippen molar-refractivity contribution in [3.63, 3.8) is 0 Å². The number of ether oxygens (including phenoxy) is 4. The molecular weight excluding hydrogens is 248 g/mol. The first-order valence-electron chi connectivity index (χ1n) is 5.22. The van der Waals surface area contributed by atoms with Gasteiger partial charge < -0.3 is 29.2 Å². The largest absolute Gasteiger partial charge is 0.479 e. The normalized spacial score (nSPS) is 28.6. The highest BCUT2D eigenvalue weighted by molar-refractivity contribution is 5.74. The lowest BCUT2D eigenvalue weighted by Crippen LogP contribution is -2.54.